The Kier molecular flexibility index (Phi) is 2.02. The van der Waals surface area contributed by atoms with Gasteiger partial charge in [0.05, 0.1) is 5.51 Å². The lowest BCUT2D eigenvalue weighted by Crippen LogP contribution is -2.24. The summed E-state index contributed by atoms with van der Waals surface area (Å²) in [4.78, 5) is 15.7. The molecule has 1 aromatic heterocycles. The molecule has 1 fully saturated rings. The third kappa shape index (κ3) is 1.59. The second kappa shape index (κ2) is 3.03. The summed E-state index contributed by atoms with van der Waals surface area (Å²) in [7, 11) is 0. The van der Waals surface area contributed by atoms with Crippen molar-refractivity contribution in [3.8, 4) is 0 Å². The van der Waals surface area contributed by atoms with E-state index in [-0.39, 0.29) is 5.91 Å². The second-order valence-corrected chi connectivity index (χ2v) is 3.93. The number of hydrogen-bond acceptors (Lipinski definition) is 3. The molecule has 0 spiro atoms. The van der Waals surface area contributed by atoms with Gasteiger partial charge in [-0.2, -0.15) is 0 Å². The molecule has 0 atom stereocenters. The molecule has 1 N–H and O–H groups in total. The number of amides is 1. The molecule has 1 heterocycles. The zero-order valence-corrected chi connectivity index (χ0v) is 7.78. The van der Waals surface area contributed by atoms with Gasteiger partial charge in [0.1, 0.15) is 4.88 Å². The first-order chi connectivity index (χ1) is 5.77. The summed E-state index contributed by atoms with van der Waals surface area (Å²) >= 11 is 6.95. The molecule has 0 unspecified atom stereocenters. The number of nitrogens with zero attached hydrogens (tertiary/aromatic N) is 1. The lowest BCUT2D eigenvalue weighted by atomic mass is 10.5. The Bertz CT molecular complexity index is 308. The third-order valence-corrected chi connectivity index (χ3v) is 2.87. The first-order valence-corrected chi connectivity index (χ1v) is 4.93. The molecular weight excluding hydrogens is 196 g/mol. The van der Waals surface area contributed by atoms with Crippen LogP contribution in [0.3, 0.4) is 0 Å². The summed E-state index contributed by atoms with van der Waals surface area (Å²) in [6, 6.07) is 0.371. The molecule has 64 valence electrons. The summed E-state index contributed by atoms with van der Waals surface area (Å²) in [5, 5.41) is 3.15. The van der Waals surface area contributed by atoms with E-state index in [0.717, 1.165) is 12.8 Å². The van der Waals surface area contributed by atoms with E-state index in [1.54, 1.807) is 5.51 Å². The summed E-state index contributed by atoms with van der Waals surface area (Å²) in [5.74, 6) is -0.0926. The van der Waals surface area contributed by atoms with E-state index in [1.165, 1.54) is 11.3 Å². The lowest BCUT2D eigenvalue weighted by molar-refractivity contribution is 0.0955. The van der Waals surface area contributed by atoms with Crippen molar-refractivity contribution in [3.63, 3.8) is 0 Å². The van der Waals surface area contributed by atoms with Crippen molar-refractivity contribution >= 4 is 28.8 Å². The monoisotopic (exact) mass is 202 g/mol. The van der Waals surface area contributed by atoms with Crippen LogP contribution in [0.4, 0.5) is 0 Å². The molecule has 1 amide bonds. The van der Waals surface area contributed by atoms with Gasteiger partial charge < -0.3 is 5.32 Å². The van der Waals surface area contributed by atoms with Crippen molar-refractivity contribution in [2.75, 3.05) is 0 Å². The lowest BCUT2D eigenvalue weighted by Gasteiger charge is -1.98. The average Bonchev–Trinajstić information content (AvgIpc) is 2.72. The Hall–Kier alpha value is -0.610. The van der Waals surface area contributed by atoms with E-state index >= 15 is 0 Å². The SMILES string of the molecule is O=C(NC1CC1)c1scnc1Cl. The number of carbonyl (C=O) groups is 1. The molecule has 0 radical (unpaired) electrons. The molecule has 3 nitrogen and oxygen atoms in total. The van der Waals surface area contributed by atoms with Gasteiger partial charge in [-0.3, -0.25) is 4.79 Å². The highest BCUT2D eigenvalue weighted by Gasteiger charge is 2.25. The average molecular weight is 203 g/mol. The van der Waals surface area contributed by atoms with Crippen LogP contribution < -0.4 is 5.32 Å². The fourth-order valence-electron chi connectivity index (χ4n) is 0.858. The number of nitrogens with one attached hydrogen (secondary N) is 1. The first kappa shape index (κ1) is 8.01. The molecular formula is C7H7ClN2OS. The minimum Gasteiger partial charge on any atom is -0.349 e. The Morgan fingerprint density at radius 2 is 2.50 bits per heavy atom. The van der Waals surface area contributed by atoms with Crippen molar-refractivity contribution in [3.05, 3.63) is 15.5 Å². The van der Waals surface area contributed by atoms with Gasteiger partial charge in [-0.1, -0.05) is 11.6 Å². The minimum atomic E-state index is -0.0926. The number of carbonyl (C=O) groups excluding carboxylic acids is 1. The van der Waals surface area contributed by atoms with Crippen LogP contribution in [0.1, 0.15) is 22.5 Å². The van der Waals surface area contributed by atoms with Crippen molar-refractivity contribution in [2.45, 2.75) is 18.9 Å². The van der Waals surface area contributed by atoms with E-state index in [9.17, 15) is 4.79 Å². The van der Waals surface area contributed by atoms with Gasteiger partial charge in [0.25, 0.3) is 5.91 Å². The topological polar surface area (TPSA) is 42.0 Å². The summed E-state index contributed by atoms with van der Waals surface area (Å²) < 4.78 is 0. The van der Waals surface area contributed by atoms with Crippen LogP contribution in [0.25, 0.3) is 0 Å². The van der Waals surface area contributed by atoms with Gasteiger partial charge in [0.2, 0.25) is 0 Å². The molecule has 1 saturated carbocycles. The molecule has 0 aromatic carbocycles. The van der Waals surface area contributed by atoms with E-state index in [0.29, 0.717) is 16.1 Å². The van der Waals surface area contributed by atoms with E-state index in [1.807, 2.05) is 0 Å². The molecule has 12 heavy (non-hydrogen) atoms. The maximum absolute atomic E-state index is 11.4. The predicted molar refractivity (Wildman–Crippen MR) is 47.6 cm³/mol. The molecule has 1 aliphatic rings. The zero-order chi connectivity index (χ0) is 8.55. The molecule has 0 saturated heterocycles. The maximum Gasteiger partial charge on any atom is 0.264 e. The highest BCUT2D eigenvalue weighted by atomic mass is 35.5. The standard InChI is InChI=1S/C7H7ClN2OS/c8-6-5(12-3-9-6)7(11)10-4-1-2-4/h3-4H,1-2H2,(H,10,11). The fourth-order valence-corrected chi connectivity index (χ4v) is 1.76. The fraction of sp³-hybridized carbons (Fsp3) is 0.429. The summed E-state index contributed by atoms with van der Waals surface area (Å²) in [6.07, 6.45) is 2.17. The van der Waals surface area contributed by atoms with Crippen LogP contribution in [0.5, 0.6) is 0 Å². The number of aromatic nitrogens is 1. The van der Waals surface area contributed by atoms with E-state index in [2.05, 4.69) is 10.3 Å². The van der Waals surface area contributed by atoms with Gasteiger partial charge in [-0.05, 0) is 12.8 Å². The highest BCUT2D eigenvalue weighted by molar-refractivity contribution is 7.12. The second-order valence-electron chi connectivity index (χ2n) is 2.72. The predicted octanol–water partition coefficient (Wildman–Crippen LogP) is 1.69. The molecule has 0 bridgehead atoms. The van der Waals surface area contributed by atoms with Crippen LogP contribution in [0.2, 0.25) is 5.15 Å². The van der Waals surface area contributed by atoms with Crippen molar-refractivity contribution in [2.24, 2.45) is 0 Å². The van der Waals surface area contributed by atoms with Crippen LogP contribution >= 0.6 is 22.9 Å². The summed E-state index contributed by atoms with van der Waals surface area (Å²) in [6.45, 7) is 0. The van der Waals surface area contributed by atoms with Gasteiger partial charge in [0.15, 0.2) is 5.15 Å². The normalized spacial score (nSPS) is 16.1. The van der Waals surface area contributed by atoms with Gasteiger partial charge in [-0.15, -0.1) is 11.3 Å². The molecule has 1 aromatic rings. The highest BCUT2D eigenvalue weighted by Crippen LogP contribution is 2.22. The van der Waals surface area contributed by atoms with E-state index in [4.69, 9.17) is 11.6 Å². The summed E-state index contributed by atoms with van der Waals surface area (Å²) in [5.41, 5.74) is 1.57. The quantitative estimate of drug-likeness (QED) is 0.793. The first-order valence-electron chi connectivity index (χ1n) is 3.67. The number of halogens is 1. The molecule has 1 aliphatic carbocycles. The Balaban J connectivity index is 2.07. The number of hydrogen-bond donors (Lipinski definition) is 1. The molecule has 2 rings (SSSR count). The smallest absolute Gasteiger partial charge is 0.264 e. The zero-order valence-electron chi connectivity index (χ0n) is 6.21. The number of thiazole rings is 1. The van der Waals surface area contributed by atoms with Crippen molar-refractivity contribution in [1.82, 2.24) is 10.3 Å². The van der Waals surface area contributed by atoms with Gasteiger partial charge >= 0.3 is 0 Å². The largest absolute Gasteiger partial charge is 0.349 e. The van der Waals surface area contributed by atoms with Crippen LogP contribution in [-0.2, 0) is 0 Å². The van der Waals surface area contributed by atoms with Crippen LogP contribution in [0.15, 0.2) is 5.51 Å². The Labute approximate surface area is 78.8 Å². The van der Waals surface area contributed by atoms with Gasteiger partial charge in [0, 0.05) is 6.04 Å². The van der Waals surface area contributed by atoms with Crippen molar-refractivity contribution in [1.29, 1.82) is 0 Å². The maximum atomic E-state index is 11.4. The van der Waals surface area contributed by atoms with Crippen molar-refractivity contribution < 1.29 is 4.79 Å². The van der Waals surface area contributed by atoms with Crippen LogP contribution in [-0.4, -0.2) is 16.9 Å². The van der Waals surface area contributed by atoms with E-state index < -0.39 is 0 Å². The van der Waals surface area contributed by atoms with Gasteiger partial charge in [-0.25, -0.2) is 4.98 Å². The molecule has 5 heteroatoms. The molecule has 0 aliphatic heterocycles. The Morgan fingerprint density at radius 3 is 3.00 bits per heavy atom. The Morgan fingerprint density at radius 1 is 1.75 bits per heavy atom. The third-order valence-electron chi connectivity index (χ3n) is 1.64. The minimum absolute atomic E-state index is 0.0926. The number of rotatable bonds is 2. The van der Waals surface area contributed by atoms with Crippen LogP contribution in [0, 0.1) is 0 Å².